The monoisotopic (exact) mass is 99.0 g/mol. The maximum Gasteiger partial charge on any atom is 0.116 e. The van der Waals surface area contributed by atoms with Gasteiger partial charge in [-0.3, -0.25) is 0 Å². The molecule has 1 radical (unpaired) electrons. The Morgan fingerprint density at radius 1 is 1.75 bits per heavy atom. The first-order chi connectivity index (χ1) is 1.41. The van der Waals surface area contributed by atoms with E-state index >= 15 is 0 Å². The van der Waals surface area contributed by atoms with E-state index in [1.165, 1.54) is 6.92 Å². The van der Waals surface area contributed by atoms with E-state index in [1.54, 1.807) is 0 Å². The molecule has 0 aliphatic carbocycles. The van der Waals surface area contributed by atoms with Crippen LogP contribution in [0.25, 0.3) is 0 Å². The molecule has 0 amide bonds. The summed E-state index contributed by atoms with van der Waals surface area (Å²) in [6.07, 6.45) is 0.750. The third kappa shape index (κ3) is 86.3. The molecule has 0 saturated carbocycles. The molecule has 0 unspecified atom stereocenters. The summed E-state index contributed by atoms with van der Waals surface area (Å²) in [5, 5.41) is 0. The fourth-order valence-corrected chi connectivity index (χ4v) is 0. The summed E-state index contributed by atoms with van der Waals surface area (Å²) in [7, 11) is 0. The molecule has 0 N–H and O–H groups in total. The van der Waals surface area contributed by atoms with Crippen molar-refractivity contribution in [3.8, 4) is 0 Å². The first kappa shape index (κ1) is 8.89. The third-order valence-corrected chi connectivity index (χ3v) is 0. The Balaban J connectivity index is 0. The van der Waals surface area contributed by atoms with Crippen molar-refractivity contribution in [1.29, 1.82) is 0 Å². The van der Waals surface area contributed by atoms with Crippen LogP contribution in [0.3, 0.4) is 0 Å². The molecule has 0 aromatic rings. The van der Waals surface area contributed by atoms with E-state index in [9.17, 15) is 0 Å². The summed E-state index contributed by atoms with van der Waals surface area (Å²) in [6.45, 7) is 1.44. The fraction of sp³-hybridized carbons (Fsp3) is 0.500. The van der Waals surface area contributed by atoms with Gasteiger partial charge in [-0.1, -0.05) is 0 Å². The van der Waals surface area contributed by atoms with Gasteiger partial charge in [0, 0.05) is 17.1 Å². The largest absolute Gasteiger partial charge is 0.304 e. The summed E-state index contributed by atoms with van der Waals surface area (Å²) in [5.41, 5.74) is 0. The van der Waals surface area contributed by atoms with Crippen LogP contribution in [0, 0.1) is 0 Å². The van der Waals surface area contributed by atoms with Gasteiger partial charge in [0.25, 0.3) is 0 Å². The van der Waals surface area contributed by atoms with Gasteiger partial charge in [-0.15, -0.1) is 0 Å². The van der Waals surface area contributed by atoms with Crippen molar-refractivity contribution in [2.24, 2.45) is 0 Å². The Morgan fingerprint density at radius 3 is 1.75 bits per heavy atom. The second-order valence-corrected chi connectivity index (χ2v) is 0.236. The molecule has 0 fully saturated rings. The normalized spacial score (nSPS) is 3.25. The van der Waals surface area contributed by atoms with Crippen LogP contribution in [0.15, 0.2) is 0 Å². The van der Waals surface area contributed by atoms with Crippen molar-refractivity contribution < 1.29 is 21.9 Å². The van der Waals surface area contributed by atoms with Crippen molar-refractivity contribution >= 4 is 6.29 Å². The summed E-state index contributed by atoms with van der Waals surface area (Å²) in [5.74, 6) is 0. The second kappa shape index (κ2) is 10.8. The predicted octanol–water partition coefficient (Wildman–Crippen LogP) is 0.203. The molecule has 0 atom stereocenters. The summed E-state index contributed by atoms with van der Waals surface area (Å²) < 4.78 is 0. The van der Waals surface area contributed by atoms with Crippen LogP contribution in [-0.2, 0) is 21.9 Å². The molecule has 0 aromatic carbocycles. The third-order valence-electron chi connectivity index (χ3n) is 0. The maximum absolute atomic E-state index is 8.81. The van der Waals surface area contributed by atoms with E-state index in [2.05, 4.69) is 0 Å². The zero-order valence-corrected chi connectivity index (χ0v) is 3.54. The van der Waals surface area contributed by atoms with E-state index in [-0.39, 0.29) is 17.1 Å². The van der Waals surface area contributed by atoms with Crippen LogP contribution in [0.2, 0.25) is 0 Å². The fourth-order valence-electron chi connectivity index (χ4n) is 0. The van der Waals surface area contributed by atoms with Crippen LogP contribution in [-0.4, -0.2) is 6.29 Å². The van der Waals surface area contributed by atoms with Crippen LogP contribution in [0.1, 0.15) is 6.92 Å². The first-order valence-electron chi connectivity index (χ1n) is 0.813. The number of hydrogen-bond donors (Lipinski definition) is 0. The molecule has 0 aliphatic rings. The van der Waals surface area contributed by atoms with Gasteiger partial charge in [0.2, 0.25) is 0 Å². The predicted molar refractivity (Wildman–Crippen MR) is 11.7 cm³/mol. The molecular weight excluding hydrogens is 95.0 g/mol. The molecule has 0 aromatic heterocycles. The Labute approximate surface area is 35.9 Å². The standard InChI is InChI=1S/C2H4O.Mn/c1-2-3;/h2H,1H3;. The number of carbonyl (C=O) groups is 1. The molecule has 0 heterocycles. The molecule has 0 aliphatic heterocycles. The van der Waals surface area contributed by atoms with Crippen molar-refractivity contribution in [3.05, 3.63) is 0 Å². The summed E-state index contributed by atoms with van der Waals surface area (Å²) in [4.78, 5) is 8.81. The quantitative estimate of drug-likeness (QED) is 0.313. The van der Waals surface area contributed by atoms with Gasteiger partial charge < -0.3 is 4.79 Å². The zero-order chi connectivity index (χ0) is 2.71. The van der Waals surface area contributed by atoms with Gasteiger partial charge in [-0.2, -0.15) is 0 Å². The molecule has 1 nitrogen and oxygen atoms in total. The van der Waals surface area contributed by atoms with E-state index < -0.39 is 0 Å². The SMILES string of the molecule is CC=O.[Mn]. The van der Waals surface area contributed by atoms with E-state index in [1.807, 2.05) is 0 Å². The van der Waals surface area contributed by atoms with Crippen LogP contribution < -0.4 is 0 Å². The number of rotatable bonds is 0. The Morgan fingerprint density at radius 2 is 1.75 bits per heavy atom. The number of aldehydes is 1. The van der Waals surface area contributed by atoms with Crippen molar-refractivity contribution in [3.63, 3.8) is 0 Å². The van der Waals surface area contributed by atoms with Gasteiger partial charge >= 0.3 is 0 Å². The van der Waals surface area contributed by atoms with Crippen molar-refractivity contribution in [1.82, 2.24) is 0 Å². The molecule has 0 rings (SSSR count). The molecular formula is C2H4MnO. The van der Waals surface area contributed by atoms with Crippen LogP contribution in [0.4, 0.5) is 0 Å². The average Bonchev–Trinajstić information content (AvgIpc) is 0.918. The first-order valence-corrected chi connectivity index (χ1v) is 0.813. The van der Waals surface area contributed by atoms with Crippen molar-refractivity contribution in [2.45, 2.75) is 6.92 Å². The minimum absolute atomic E-state index is 0. The van der Waals surface area contributed by atoms with E-state index in [0.717, 1.165) is 6.29 Å². The molecule has 4 heavy (non-hydrogen) atoms. The van der Waals surface area contributed by atoms with Gasteiger partial charge in [0.05, 0.1) is 0 Å². The van der Waals surface area contributed by atoms with E-state index in [4.69, 9.17) is 4.79 Å². The minimum Gasteiger partial charge on any atom is -0.304 e. The second-order valence-electron chi connectivity index (χ2n) is 0.236. The Kier molecular flexibility index (Phi) is 24.0. The molecule has 2 heteroatoms. The molecule has 0 saturated heterocycles. The van der Waals surface area contributed by atoms with E-state index in [0.29, 0.717) is 0 Å². The Bertz CT molecular complexity index is 13.5. The molecule has 0 spiro atoms. The van der Waals surface area contributed by atoms with Gasteiger partial charge in [-0.05, 0) is 6.92 Å². The van der Waals surface area contributed by atoms with Crippen LogP contribution >= 0.6 is 0 Å². The molecule has 25 valence electrons. The number of carbonyl (C=O) groups excluding carboxylic acids is 1. The summed E-state index contributed by atoms with van der Waals surface area (Å²) in [6, 6.07) is 0. The van der Waals surface area contributed by atoms with Crippen molar-refractivity contribution in [2.75, 3.05) is 0 Å². The van der Waals surface area contributed by atoms with Gasteiger partial charge in [0.15, 0.2) is 0 Å². The average molecular weight is 99.0 g/mol. The van der Waals surface area contributed by atoms with Gasteiger partial charge in [0.1, 0.15) is 6.29 Å². The smallest absolute Gasteiger partial charge is 0.116 e. The Hall–Kier alpha value is 0.189. The maximum atomic E-state index is 8.81. The number of hydrogen-bond acceptors (Lipinski definition) is 1. The zero-order valence-electron chi connectivity index (χ0n) is 2.36. The summed E-state index contributed by atoms with van der Waals surface area (Å²) >= 11 is 0. The minimum atomic E-state index is 0. The van der Waals surface area contributed by atoms with Gasteiger partial charge in [-0.25, -0.2) is 0 Å². The molecule has 0 bridgehead atoms. The topological polar surface area (TPSA) is 17.1 Å². The van der Waals surface area contributed by atoms with Crippen LogP contribution in [0.5, 0.6) is 0 Å².